The van der Waals surface area contributed by atoms with Gasteiger partial charge < -0.3 is 15.8 Å². The number of aryl methyl sites for hydroxylation is 1. The number of alkyl carbamates (subject to hydrolysis) is 1. The van der Waals surface area contributed by atoms with Crippen LogP contribution in [0.2, 0.25) is 0 Å². The fourth-order valence-electron chi connectivity index (χ4n) is 3.97. The molecular weight excluding hydrogens is 384 g/mol. The Morgan fingerprint density at radius 2 is 1.71 bits per heavy atom. The number of rotatable bonds is 5. The van der Waals surface area contributed by atoms with Gasteiger partial charge in [0, 0.05) is 30.1 Å². The highest BCUT2D eigenvalue weighted by molar-refractivity contribution is 5.79. The van der Waals surface area contributed by atoms with Crippen LogP contribution in [0.3, 0.4) is 0 Å². The standard InChI is InChI=1S/C27H26N2O2/c1-2-19-14-15-26(28)20(17-19)9-7-8-16-29-27(30)31-18-25-23-12-5-3-10-21(23)22-11-4-6-13-24(22)25/h3-6,10-15,17,25H,2,8,16,18,28H2,1H3,(H,29,30). The van der Waals surface area contributed by atoms with Crippen LogP contribution in [-0.4, -0.2) is 19.2 Å². The summed E-state index contributed by atoms with van der Waals surface area (Å²) in [4.78, 5) is 12.2. The van der Waals surface area contributed by atoms with Crippen LogP contribution in [0.25, 0.3) is 11.1 Å². The number of nitrogen functional groups attached to an aromatic ring is 1. The Bertz CT molecular complexity index is 1110. The first-order valence-electron chi connectivity index (χ1n) is 10.6. The Labute approximate surface area is 183 Å². The number of nitrogens with two attached hydrogens (primary N) is 1. The quantitative estimate of drug-likeness (QED) is 0.349. The highest BCUT2D eigenvalue weighted by atomic mass is 16.5. The van der Waals surface area contributed by atoms with Crippen LogP contribution in [0.1, 0.15) is 41.5 Å². The van der Waals surface area contributed by atoms with Crippen molar-refractivity contribution in [2.45, 2.75) is 25.7 Å². The highest BCUT2D eigenvalue weighted by Gasteiger charge is 2.28. The second-order valence-electron chi connectivity index (χ2n) is 7.58. The largest absolute Gasteiger partial charge is 0.449 e. The van der Waals surface area contributed by atoms with E-state index in [-0.39, 0.29) is 5.92 Å². The van der Waals surface area contributed by atoms with Crippen molar-refractivity contribution in [3.8, 4) is 23.0 Å². The first-order chi connectivity index (χ1) is 15.2. The van der Waals surface area contributed by atoms with Crippen molar-refractivity contribution in [3.63, 3.8) is 0 Å². The average Bonchev–Trinajstić information content (AvgIpc) is 3.12. The Hall–Kier alpha value is -3.71. The molecule has 0 fully saturated rings. The molecule has 4 rings (SSSR count). The van der Waals surface area contributed by atoms with E-state index in [0.29, 0.717) is 25.3 Å². The van der Waals surface area contributed by atoms with E-state index in [1.165, 1.54) is 27.8 Å². The maximum absolute atomic E-state index is 12.2. The molecule has 4 heteroatoms. The molecule has 0 heterocycles. The number of hydrogen-bond acceptors (Lipinski definition) is 3. The zero-order valence-electron chi connectivity index (χ0n) is 17.7. The molecule has 0 saturated carbocycles. The van der Waals surface area contributed by atoms with Gasteiger partial charge in [-0.3, -0.25) is 0 Å². The van der Waals surface area contributed by atoms with Gasteiger partial charge in [-0.05, 0) is 46.4 Å². The summed E-state index contributed by atoms with van der Waals surface area (Å²) < 4.78 is 5.54. The molecule has 0 aliphatic heterocycles. The molecule has 3 N–H and O–H groups in total. The molecule has 0 unspecified atom stereocenters. The molecule has 0 spiro atoms. The molecule has 1 aliphatic carbocycles. The Morgan fingerprint density at radius 3 is 2.39 bits per heavy atom. The topological polar surface area (TPSA) is 64.3 Å². The van der Waals surface area contributed by atoms with Crippen LogP contribution in [0.4, 0.5) is 10.5 Å². The minimum Gasteiger partial charge on any atom is -0.449 e. The molecule has 1 amide bonds. The second kappa shape index (κ2) is 9.40. The van der Waals surface area contributed by atoms with Gasteiger partial charge in [0.1, 0.15) is 6.61 Å². The van der Waals surface area contributed by atoms with E-state index in [2.05, 4.69) is 48.3 Å². The smallest absolute Gasteiger partial charge is 0.407 e. The number of ether oxygens (including phenoxy) is 1. The van der Waals surface area contributed by atoms with Gasteiger partial charge in [-0.1, -0.05) is 73.4 Å². The number of carbonyl (C=O) groups excluding carboxylic acids is 1. The number of amides is 1. The molecule has 4 nitrogen and oxygen atoms in total. The zero-order chi connectivity index (χ0) is 21.6. The Kier molecular flexibility index (Phi) is 6.24. The fraction of sp³-hybridized carbons (Fsp3) is 0.222. The summed E-state index contributed by atoms with van der Waals surface area (Å²) in [6.07, 6.45) is 1.05. The van der Waals surface area contributed by atoms with Crippen molar-refractivity contribution in [2.75, 3.05) is 18.9 Å². The SMILES string of the molecule is CCc1ccc(N)c(C#CCCNC(=O)OCC2c3ccccc3-c3ccccc32)c1. The van der Waals surface area contributed by atoms with Gasteiger partial charge in [0.2, 0.25) is 0 Å². The minimum absolute atomic E-state index is 0.0618. The lowest BCUT2D eigenvalue weighted by Gasteiger charge is -2.14. The van der Waals surface area contributed by atoms with Crippen molar-refractivity contribution < 1.29 is 9.53 Å². The maximum Gasteiger partial charge on any atom is 0.407 e. The van der Waals surface area contributed by atoms with Crippen molar-refractivity contribution in [2.24, 2.45) is 0 Å². The van der Waals surface area contributed by atoms with E-state index in [0.717, 1.165) is 12.0 Å². The Morgan fingerprint density at radius 1 is 1.03 bits per heavy atom. The fourth-order valence-corrected chi connectivity index (χ4v) is 3.97. The molecule has 0 radical (unpaired) electrons. The van der Waals surface area contributed by atoms with Crippen LogP contribution in [-0.2, 0) is 11.2 Å². The van der Waals surface area contributed by atoms with E-state index in [9.17, 15) is 4.79 Å². The van der Waals surface area contributed by atoms with Gasteiger partial charge in [0.25, 0.3) is 0 Å². The lowest BCUT2D eigenvalue weighted by Crippen LogP contribution is -2.26. The molecule has 3 aromatic carbocycles. The number of nitrogens with one attached hydrogen (secondary N) is 1. The summed E-state index contributed by atoms with van der Waals surface area (Å²) >= 11 is 0. The van der Waals surface area contributed by atoms with Crippen LogP contribution >= 0.6 is 0 Å². The van der Waals surface area contributed by atoms with E-state index < -0.39 is 6.09 Å². The summed E-state index contributed by atoms with van der Waals surface area (Å²) in [7, 11) is 0. The number of benzene rings is 3. The molecule has 3 aromatic rings. The lowest BCUT2D eigenvalue weighted by molar-refractivity contribution is 0.143. The van der Waals surface area contributed by atoms with Gasteiger partial charge in [-0.25, -0.2) is 4.79 Å². The van der Waals surface area contributed by atoms with E-state index in [1.54, 1.807) is 0 Å². The van der Waals surface area contributed by atoms with Crippen molar-refractivity contribution in [1.82, 2.24) is 5.32 Å². The van der Waals surface area contributed by atoms with Crippen molar-refractivity contribution in [1.29, 1.82) is 0 Å². The lowest BCUT2D eigenvalue weighted by atomic mass is 9.98. The highest BCUT2D eigenvalue weighted by Crippen LogP contribution is 2.44. The van der Waals surface area contributed by atoms with Crippen LogP contribution in [0, 0.1) is 11.8 Å². The van der Waals surface area contributed by atoms with Gasteiger partial charge in [0.05, 0.1) is 0 Å². The average molecular weight is 411 g/mol. The third-order valence-corrected chi connectivity index (χ3v) is 5.61. The van der Waals surface area contributed by atoms with Gasteiger partial charge in [-0.2, -0.15) is 0 Å². The van der Waals surface area contributed by atoms with Gasteiger partial charge in [0.15, 0.2) is 0 Å². The normalized spacial score (nSPS) is 11.8. The minimum atomic E-state index is -0.420. The van der Waals surface area contributed by atoms with Crippen LogP contribution in [0.5, 0.6) is 0 Å². The number of anilines is 1. The van der Waals surface area contributed by atoms with Crippen LogP contribution < -0.4 is 11.1 Å². The molecular formula is C27H26N2O2. The van der Waals surface area contributed by atoms with Crippen LogP contribution in [0.15, 0.2) is 66.7 Å². The summed E-state index contributed by atoms with van der Waals surface area (Å²) in [5.41, 5.74) is 13.5. The molecule has 0 saturated heterocycles. The molecule has 0 atom stereocenters. The van der Waals surface area contributed by atoms with Gasteiger partial charge in [-0.15, -0.1) is 0 Å². The summed E-state index contributed by atoms with van der Waals surface area (Å²) in [6.45, 7) is 2.84. The number of hydrogen-bond donors (Lipinski definition) is 2. The maximum atomic E-state index is 12.2. The molecule has 0 aromatic heterocycles. The molecule has 1 aliphatic rings. The summed E-state index contributed by atoms with van der Waals surface area (Å²) in [5.74, 6) is 6.23. The first kappa shape index (κ1) is 20.6. The van der Waals surface area contributed by atoms with Crippen molar-refractivity contribution >= 4 is 11.8 Å². The van der Waals surface area contributed by atoms with E-state index in [1.807, 2.05) is 42.5 Å². The molecule has 0 bridgehead atoms. The predicted octanol–water partition coefficient (Wildman–Crippen LogP) is 5.11. The number of fused-ring (bicyclic) bond motifs is 3. The monoisotopic (exact) mass is 410 g/mol. The zero-order valence-corrected chi connectivity index (χ0v) is 17.7. The van der Waals surface area contributed by atoms with Crippen molar-refractivity contribution in [3.05, 3.63) is 89.0 Å². The third kappa shape index (κ3) is 4.57. The van der Waals surface area contributed by atoms with E-state index >= 15 is 0 Å². The second-order valence-corrected chi connectivity index (χ2v) is 7.58. The van der Waals surface area contributed by atoms with Gasteiger partial charge >= 0.3 is 6.09 Å². The Balaban J connectivity index is 1.29. The third-order valence-electron chi connectivity index (χ3n) is 5.61. The molecule has 156 valence electrons. The first-order valence-corrected chi connectivity index (χ1v) is 10.6. The summed E-state index contributed by atoms with van der Waals surface area (Å²) in [5, 5.41) is 2.78. The molecule has 31 heavy (non-hydrogen) atoms. The summed E-state index contributed by atoms with van der Waals surface area (Å²) in [6, 6.07) is 22.5. The number of carbonyl (C=O) groups is 1. The predicted molar refractivity (Wildman–Crippen MR) is 125 cm³/mol. The van der Waals surface area contributed by atoms with E-state index in [4.69, 9.17) is 10.5 Å².